The molecule has 2 N–H and O–H groups in total. The molecule has 0 aliphatic carbocycles. The Morgan fingerprint density at radius 2 is 1.76 bits per heavy atom. The van der Waals surface area contributed by atoms with Crippen LogP contribution < -0.4 is 5.73 Å². The first-order valence-electron chi connectivity index (χ1n) is 5.74. The maximum absolute atomic E-state index is 5.84. The lowest BCUT2D eigenvalue weighted by molar-refractivity contribution is 0.790. The molecule has 0 radical (unpaired) electrons. The van der Waals surface area contributed by atoms with Crippen LogP contribution in [-0.4, -0.2) is 9.97 Å². The Morgan fingerprint density at radius 1 is 1.12 bits per heavy atom. The molecule has 2 aromatic rings. The summed E-state index contributed by atoms with van der Waals surface area (Å²) >= 11 is 0. The summed E-state index contributed by atoms with van der Waals surface area (Å²) in [6, 6.07) is 8.17. The smallest absolute Gasteiger partial charge is 0.159 e. The number of aryl methyl sites for hydroxylation is 2. The SMILES string of the molecule is Cc1ccc(-c2ncc([C@@H](C)N)c(C)n2)cc1. The maximum Gasteiger partial charge on any atom is 0.159 e. The van der Waals surface area contributed by atoms with E-state index >= 15 is 0 Å². The summed E-state index contributed by atoms with van der Waals surface area (Å²) in [5.74, 6) is 0.756. The summed E-state index contributed by atoms with van der Waals surface area (Å²) in [6.07, 6.45) is 1.82. The molecule has 0 saturated heterocycles. The van der Waals surface area contributed by atoms with Gasteiger partial charge in [0.1, 0.15) is 0 Å². The molecular formula is C14H17N3. The molecule has 0 unspecified atom stereocenters. The fourth-order valence-electron chi connectivity index (χ4n) is 1.77. The lowest BCUT2D eigenvalue weighted by Gasteiger charge is -2.09. The normalized spacial score (nSPS) is 12.5. The predicted molar refractivity (Wildman–Crippen MR) is 69.5 cm³/mol. The van der Waals surface area contributed by atoms with Crippen molar-refractivity contribution in [3.05, 3.63) is 47.3 Å². The van der Waals surface area contributed by atoms with Crippen LogP contribution in [0.25, 0.3) is 11.4 Å². The van der Waals surface area contributed by atoms with Crippen LogP contribution in [0.3, 0.4) is 0 Å². The number of nitrogens with zero attached hydrogens (tertiary/aromatic N) is 2. The van der Waals surface area contributed by atoms with E-state index in [2.05, 4.69) is 29.0 Å². The van der Waals surface area contributed by atoms with Gasteiger partial charge in [0.25, 0.3) is 0 Å². The van der Waals surface area contributed by atoms with Gasteiger partial charge in [-0.25, -0.2) is 9.97 Å². The highest BCUT2D eigenvalue weighted by Crippen LogP contribution is 2.19. The van der Waals surface area contributed by atoms with Gasteiger partial charge in [0.15, 0.2) is 5.82 Å². The monoisotopic (exact) mass is 227 g/mol. The van der Waals surface area contributed by atoms with E-state index in [1.165, 1.54) is 5.56 Å². The van der Waals surface area contributed by atoms with Gasteiger partial charge in [-0.1, -0.05) is 29.8 Å². The van der Waals surface area contributed by atoms with Crippen LogP contribution in [-0.2, 0) is 0 Å². The van der Waals surface area contributed by atoms with Gasteiger partial charge in [-0.15, -0.1) is 0 Å². The van der Waals surface area contributed by atoms with Crippen molar-refractivity contribution in [2.24, 2.45) is 5.73 Å². The van der Waals surface area contributed by atoms with Gasteiger partial charge >= 0.3 is 0 Å². The third-order valence-electron chi connectivity index (χ3n) is 2.82. The van der Waals surface area contributed by atoms with Crippen molar-refractivity contribution in [1.29, 1.82) is 0 Å². The number of hydrogen-bond acceptors (Lipinski definition) is 3. The Kier molecular flexibility index (Phi) is 3.20. The molecule has 1 heterocycles. The first-order chi connectivity index (χ1) is 8.08. The summed E-state index contributed by atoms with van der Waals surface area (Å²) in [5.41, 5.74) is 10.1. The number of benzene rings is 1. The standard InChI is InChI=1S/C14H17N3/c1-9-4-6-12(7-5-9)14-16-8-13(10(2)15)11(3)17-14/h4-8,10H,15H2,1-3H3/t10-/m1/s1. The van der Waals surface area contributed by atoms with Crippen LogP contribution in [0.1, 0.15) is 29.8 Å². The molecule has 1 atom stereocenters. The van der Waals surface area contributed by atoms with Gasteiger partial charge in [0.05, 0.1) is 0 Å². The van der Waals surface area contributed by atoms with E-state index < -0.39 is 0 Å². The highest BCUT2D eigenvalue weighted by atomic mass is 14.9. The van der Waals surface area contributed by atoms with Crippen LogP contribution in [0.5, 0.6) is 0 Å². The third-order valence-corrected chi connectivity index (χ3v) is 2.82. The first-order valence-corrected chi connectivity index (χ1v) is 5.74. The van der Waals surface area contributed by atoms with Crippen LogP contribution in [0.4, 0.5) is 0 Å². The summed E-state index contributed by atoms with van der Waals surface area (Å²) in [5, 5.41) is 0. The predicted octanol–water partition coefficient (Wildman–Crippen LogP) is 2.78. The van der Waals surface area contributed by atoms with Gasteiger partial charge in [-0.3, -0.25) is 0 Å². The maximum atomic E-state index is 5.84. The molecule has 0 amide bonds. The largest absolute Gasteiger partial charge is 0.324 e. The van der Waals surface area contributed by atoms with E-state index in [-0.39, 0.29) is 6.04 Å². The minimum absolute atomic E-state index is 0.0259. The number of hydrogen-bond donors (Lipinski definition) is 1. The van der Waals surface area contributed by atoms with Crippen molar-refractivity contribution < 1.29 is 0 Å². The third kappa shape index (κ3) is 2.50. The zero-order valence-electron chi connectivity index (χ0n) is 10.4. The summed E-state index contributed by atoms with van der Waals surface area (Å²) in [4.78, 5) is 8.87. The Morgan fingerprint density at radius 3 is 2.29 bits per heavy atom. The molecule has 0 aliphatic rings. The van der Waals surface area contributed by atoms with Crippen LogP contribution in [0.2, 0.25) is 0 Å². The van der Waals surface area contributed by atoms with Crippen molar-refractivity contribution in [3.8, 4) is 11.4 Å². The molecular weight excluding hydrogens is 210 g/mol. The molecule has 0 fully saturated rings. The minimum atomic E-state index is -0.0259. The summed E-state index contributed by atoms with van der Waals surface area (Å²) in [6.45, 7) is 5.98. The topological polar surface area (TPSA) is 51.8 Å². The Hall–Kier alpha value is -1.74. The van der Waals surface area contributed by atoms with E-state index in [4.69, 9.17) is 5.73 Å². The highest BCUT2D eigenvalue weighted by Gasteiger charge is 2.08. The molecule has 3 heteroatoms. The molecule has 1 aromatic carbocycles. The van der Waals surface area contributed by atoms with E-state index in [1.54, 1.807) is 0 Å². The van der Waals surface area contributed by atoms with Gasteiger partial charge in [-0.05, 0) is 20.8 Å². The fourth-order valence-corrected chi connectivity index (χ4v) is 1.77. The van der Waals surface area contributed by atoms with Gasteiger partial charge < -0.3 is 5.73 Å². The minimum Gasteiger partial charge on any atom is -0.324 e. The molecule has 0 spiro atoms. The highest BCUT2D eigenvalue weighted by molar-refractivity contribution is 5.55. The van der Waals surface area contributed by atoms with E-state index in [9.17, 15) is 0 Å². The molecule has 0 bridgehead atoms. The Balaban J connectivity index is 2.41. The first kappa shape index (κ1) is 11.7. The molecule has 1 aromatic heterocycles. The lowest BCUT2D eigenvalue weighted by atomic mass is 10.1. The number of rotatable bonds is 2. The van der Waals surface area contributed by atoms with Crippen LogP contribution >= 0.6 is 0 Å². The second-order valence-electron chi connectivity index (χ2n) is 4.39. The van der Waals surface area contributed by atoms with Gasteiger partial charge in [-0.2, -0.15) is 0 Å². The molecule has 3 nitrogen and oxygen atoms in total. The van der Waals surface area contributed by atoms with Crippen LogP contribution in [0, 0.1) is 13.8 Å². The van der Waals surface area contributed by atoms with E-state index in [0.717, 1.165) is 22.6 Å². The fraction of sp³-hybridized carbons (Fsp3) is 0.286. The van der Waals surface area contributed by atoms with E-state index in [1.807, 2.05) is 32.2 Å². The van der Waals surface area contributed by atoms with Gasteiger partial charge in [0, 0.05) is 29.1 Å². The average molecular weight is 227 g/mol. The summed E-state index contributed by atoms with van der Waals surface area (Å²) in [7, 11) is 0. The Bertz CT molecular complexity index is 515. The molecule has 17 heavy (non-hydrogen) atoms. The van der Waals surface area contributed by atoms with Crippen molar-refractivity contribution in [3.63, 3.8) is 0 Å². The molecule has 2 rings (SSSR count). The second-order valence-corrected chi connectivity index (χ2v) is 4.39. The second kappa shape index (κ2) is 4.63. The van der Waals surface area contributed by atoms with Crippen LogP contribution in [0.15, 0.2) is 30.5 Å². The van der Waals surface area contributed by atoms with Crippen molar-refractivity contribution in [1.82, 2.24) is 9.97 Å². The quantitative estimate of drug-likeness (QED) is 0.858. The van der Waals surface area contributed by atoms with Crippen molar-refractivity contribution in [2.75, 3.05) is 0 Å². The molecule has 0 saturated carbocycles. The van der Waals surface area contributed by atoms with Crippen molar-refractivity contribution >= 4 is 0 Å². The molecule has 0 aliphatic heterocycles. The zero-order valence-corrected chi connectivity index (χ0v) is 10.4. The zero-order chi connectivity index (χ0) is 12.4. The Labute approximate surface area is 102 Å². The van der Waals surface area contributed by atoms with E-state index in [0.29, 0.717) is 0 Å². The number of aromatic nitrogens is 2. The molecule has 88 valence electrons. The number of nitrogens with two attached hydrogens (primary N) is 1. The average Bonchev–Trinajstić information content (AvgIpc) is 2.29. The van der Waals surface area contributed by atoms with Crippen molar-refractivity contribution in [2.45, 2.75) is 26.8 Å². The lowest BCUT2D eigenvalue weighted by Crippen LogP contribution is -2.09. The van der Waals surface area contributed by atoms with Gasteiger partial charge in [0.2, 0.25) is 0 Å². The summed E-state index contributed by atoms with van der Waals surface area (Å²) < 4.78 is 0.